The summed E-state index contributed by atoms with van der Waals surface area (Å²) >= 11 is 0. The molecule has 20 heavy (non-hydrogen) atoms. The van der Waals surface area contributed by atoms with Crippen molar-refractivity contribution in [3.8, 4) is 5.88 Å². The number of aromatic nitrogens is 3. The number of hydrogen-bond donors (Lipinski definition) is 1. The molecule has 1 aliphatic rings. The van der Waals surface area contributed by atoms with Crippen LogP contribution in [0.25, 0.3) is 0 Å². The van der Waals surface area contributed by atoms with Crippen LogP contribution in [0.4, 0.5) is 0 Å². The number of pyridine rings is 1. The number of aliphatic hydroxyl groups is 1. The maximum Gasteiger partial charge on any atom is 0.229 e. The van der Waals surface area contributed by atoms with Gasteiger partial charge < -0.3 is 14.4 Å². The molecule has 6 heteroatoms. The van der Waals surface area contributed by atoms with E-state index in [1.165, 1.54) is 0 Å². The van der Waals surface area contributed by atoms with Crippen LogP contribution in [-0.4, -0.2) is 32.9 Å². The molecule has 0 spiro atoms. The maximum atomic E-state index is 10.1. The number of rotatable bonds is 5. The topological polar surface area (TPSA) is 81.3 Å². The van der Waals surface area contributed by atoms with Gasteiger partial charge in [-0.25, -0.2) is 4.98 Å². The van der Waals surface area contributed by atoms with E-state index in [4.69, 9.17) is 9.26 Å². The van der Waals surface area contributed by atoms with Crippen LogP contribution in [0.5, 0.6) is 5.88 Å². The van der Waals surface area contributed by atoms with Gasteiger partial charge in [0.15, 0.2) is 5.82 Å². The third-order valence-corrected chi connectivity index (χ3v) is 3.67. The Bertz CT molecular complexity index is 593. The summed E-state index contributed by atoms with van der Waals surface area (Å²) in [6.07, 6.45) is 5.28. The van der Waals surface area contributed by atoms with E-state index >= 15 is 0 Å². The fourth-order valence-electron chi connectivity index (χ4n) is 2.39. The molecule has 0 bridgehead atoms. The Morgan fingerprint density at radius 3 is 3.00 bits per heavy atom. The lowest BCUT2D eigenvalue weighted by Gasteiger charge is -2.35. The second kappa shape index (κ2) is 5.20. The number of hydrogen-bond acceptors (Lipinski definition) is 6. The minimum Gasteiger partial charge on any atom is -0.481 e. The number of nitrogens with zero attached hydrogens (tertiary/aromatic N) is 3. The third-order valence-electron chi connectivity index (χ3n) is 3.67. The molecule has 1 N–H and O–H groups in total. The summed E-state index contributed by atoms with van der Waals surface area (Å²) in [4.78, 5) is 8.46. The zero-order chi connectivity index (χ0) is 14.0. The quantitative estimate of drug-likeness (QED) is 0.891. The fraction of sp³-hybridized carbons (Fsp3) is 0.500. The molecule has 2 aromatic rings. The average Bonchev–Trinajstić information content (AvgIpc) is 2.85. The molecule has 0 aliphatic heterocycles. The molecule has 0 aromatic carbocycles. The minimum atomic E-state index is -0.643. The van der Waals surface area contributed by atoms with Crippen molar-refractivity contribution in [1.82, 2.24) is 15.1 Å². The molecular formula is C14H17N3O3. The summed E-state index contributed by atoms with van der Waals surface area (Å²) < 4.78 is 10.4. The van der Waals surface area contributed by atoms with Crippen molar-refractivity contribution < 1.29 is 14.4 Å². The molecule has 3 rings (SSSR count). The normalized spacial score (nSPS) is 16.7. The summed E-state index contributed by atoms with van der Waals surface area (Å²) in [5.41, 5.74) is 0.264. The molecule has 1 aliphatic carbocycles. The molecule has 2 heterocycles. The van der Waals surface area contributed by atoms with Gasteiger partial charge in [-0.1, -0.05) is 11.2 Å². The Morgan fingerprint density at radius 1 is 1.45 bits per heavy atom. The van der Waals surface area contributed by atoms with Gasteiger partial charge in [-0.2, -0.15) is 4.98 Å². The van der Waals surface area contributed by atoms with Crippen molar-refractivity contribution in [2.75, 3.05) is 7.11 Å². The Balaban J connectivity index is 1.70. The summed E-state index contributed by atoms with van der Waals surface area (Å²) in [5.74, 6) is 1.63. The van der Waals surface area contributed by atoms with E-state index in [-0.39, 0.29) is 0 Å². The van der Waals surface area contributed by atoms with Gasteiger partial charge in [0.25, 0.3) is 0 Å². The lowest BCUT2D eigenvalue weighted by Crippen LogP contribution is -2.39. The molecule has 0 unspecified atom stereocenters. The van der Waals surface area contributed by atoms with Crippen LogP contribution in [0.2, 0.25) is 0 Å². The predicted octanol–water partition coefficient (Wildman–Crippen LogP) is 1.52. The molecule has 0 radical (unpaired) electrons. The van der Waals surface area contributed by atoms with Gasteiger partial charge in [0, 0.05) is 18.2 Å². The standard InChI is InChI=1S/C14H17N3O3/c1-19-13-10(4-2-7-15-13)8-11-16-12(20-17-11)9-14(18)5-3-6-14/h2,4,7,18H,3,5-6,8-9H2,1H3. The molecule has 2 aromatic heterocycles. The highest BCUT2D eigenvalue weighted by Gasteiger charge is 2.36. The molecule has 1 fully saturated rings. The zero-order valence-electron chi connectivity index (χ0n) is 11.4. The molecule has 0 amide bonds. The molecular weight excluding hydrogens is 258 g/mol. The van der Waals surface area contributed by atoms with Crippen molar-refractivity contribution >= 4 is 0 Å². The summed E-state index contributed by atoms with van der Waals surface area (Å²) in [7, 11) is 1.58. The van der Waals surface area contributed by atoms with Crippen molar-refractivity contribution in [1.29, 1.82) is 0 Å². The Labute approximate surface area is 116 Å². The monoisotopic (exact) mass is 275 g/mol. The Morgan fingerprint density at radius 2 is 2.30 bits per heavy atom. The Kier molecular flexibility index (Phi) is 3.40. The summed E-state index contributed by atoms with van der Waals surface area (Å²) in [5, 5.41) is 14.0. The first kappa shape index (κ1) is 13.1. The summed E-state index contributed by atoms with van der Waals surface area (Å²) in [6, 6.07) is 3.76. The molecule has 0 atom stereocenters. The minimum absolute atomic E-state index is 0.435. The smallest absolute Gasteiger partial charge is 0.229 e. The van der Waals surface area contributed by atoms with Gasteiger partial charge >= 0.3 is 0 Å². The van der Waals surface area contributed by atoms with Crippen molar-refractivity contribution in [2.24, 2.45) is 0 Å². The Hall–Kier alpha value is -1.95. The third kappa shape index (κ3) is 2.65. The van der Waals surface area contributed by atoms with Crippen LogP contribution < -0.4 is 4.74 Å². The largest absolute Gasteiger partial charge is 0.481 e. The molecule has 1 saturated carbocycles. The average molecular weight is 275 g/mol. The second-order valence-corrected chi connectivity index (χ2v) is 5.21. The van der Waals surface area contributed by atoms with Crippen molar-refractivity contribution in [3.63, 3.8) is 0 Å². The molecule has 106 valence electrons. The van der Waals surface area contributed by atoms with E-state index in [9.17, 15) is 5.11 Å². The lowest BCUT2D eigenvalue weighted by molar-refractivity contribution is -0.0378. The first-order valence-corrected chi connectivity index (χ1v) is 6.70. The van der Waals surface area contributed by atoms with Crippen molar-refractivity contribution in [3.05, 3.63) is 35.6 Å². The highest BCUT2D eigenvalue weighted by molar-refractivity contribution is 5.28. The van der Waals surface area contributed by atoms with Gasteiger partial charge in [-0.15, -0.1) is 0 Å². The molecule has 0 saturated heterocycles. The van der Waals surface area contributed by atoms with Gasteiger partial charge in [-0.3, -0.25) is 0 Å². The van der Waals surface area contributed by atoms with Gasteiger partial charge in [0.1, 0.15) is 0 Å². The van der Waals surface area contributed by atoms with Crippen LogP contribution in [0.1, 0.15) is 36.5 Å². The van der Waals surface area contributed by atoms with Gasteiger partial charge in [0.05, 0.1) is 19.1 Å². The van der Waals surface area contributed by atoms with E-state index < -0.39 is 5.60 Å². The van der Waals surface area contributed by atoms with E-state index in [1.54, 1.807) is 13.3 Å². The van der Waals surface area contributed by atoms with Crippen LogP contribution in [0, 0.1) is 0 Å². The van der Waals surface area contributed by atoms with Gasteiger partial charge in [0.2, 0.25) is 11.8 Å². The number of ether oxygens (including phenoxy) is 1. The van der Waals surface area contributed by atoms with E-state index in [0.29, 0.717) is 30.4 Å². The first-order chi connectivity index (χ1) is 9.68. The number of methoxy groups -OCH3 is 1. The highest BCUT2D eigenvalue weighted by atomic mass is 16.5. The fourth-order valence-corrected chi connectivity index (χ4v) is 2.39. The van der Waals surface area contributed by atoms with Crippen LogP contribution in [-0.2, 0) is 12.8 Å². The van der Waals surface area contributed by atoms with Crippen LogP contribution in [0.3, 0.4) is 0 Å². The molecule has 6 nitrogen and oxygen atoms in total. The van der Waals surface area contributed by atoms with E-state index in [0.717, 1.165) is 24.8 Å². The van der Waals surface area contributed by atoms with E-state index in [1.807, 2.05) is 12.1 Å². The van der Waals surface area contributed by atoms with Crippen molar-refractivity contribution in [2.45, 2.75) is 37.7 Å². The zero-order valence-corrected chi connectivity index (χ0v) is 11.4. The maximum absolute atomic E-state index is 10.1. The first-order valence-electron chi connectivity index (χ1n) is 6.70. The SMILES string of the molecule is COc1ncccc1Cc1noc(CC2(O)CCC2)n1. The second-order valence-electron chi connectivity index (χ2n) is 5.21. The van der Waals surface area contributed by atoms with E-state index in [2.05, 4.69) is 15.1 Å². The highest BCUT2D eigenvalue weighted by Crippen LogP contribution is 2.34. The predicted molar refractivity (Wildman–Crippen MR) is 70.4 cm³/mol. The van der Waals surface area contributed by atoms with Crippen LogP contribution in [0.15, 0.2) is 22.9 Å². The summed E-state index contributed by atoms with van der Waals surface area (Å²) in [6.45, 7) is 0. The van der Waals surface area contributed by atoms with Gasteiger partial charge in [-0.05, 0) is 25.3 Å². The van der Waals surface area contributed by atoms with Crippen LogP contribution >= 0.6 is 0 Å². The lowest BCUT2D eigenvalue weighted by atomic mass is 9.78.